The molecule has 5 nitrogen and oxygen atoms in total. The van der Waals surface area contributed by atoms with Crippen molar-refractivity contribution in [2.75, 3.05) is 11.6 Å². The van der Waals surface area contributed by atoms with Crippen LogP contribution in [0.5, 0.6) is 0 Å². The first-order chi connectivity index (χ1) is 7.09. The number of aromatic nitrogens is 3. The Bertz CT molecular complexity index is 510. The number of hydrogen-bond donors (Lipinski definition) is 2. The van der Waals surface area contributed by atoms with Crippen LogP contribution in [-0.2, 0) is 0 Å². The van der Waals surface area contributed by atoms with Gasteiger partial charge in [0, 0.05) is 13.6 Å². The molecule has 0 spiro atoms. The predicted octanol–water partition coefficient (Wildman–Crippen LogP) is 1.61. The molecule has 1 aromatic carbocycles. The van der Waals surface area contributed by atoms with Crippen LogP contribution in [0.1, 0.15) is 0 Å². The first kappa shape index (κ1) is 10.7. The van der Waals surface area contributed by atoms with E-state index in [1.165, 1.54) is 4.68 Å². The van der Waals surface area contributed by atoms with Crippen molar-refractivity contribution in [3.8, 4) is 11.4 Å². The van der Waals surface area contributed by atoms with Crippen molar-refractivity contribution in [3.63, 3.8) is 0 Å². The van der Waals surface area contributed by atoms with Gasteiger partial charge in [0.25, 0.3) is 0 Å². The Kier molecular flexibility index (Phi) is 2.83. The van der Waals surface area contributed by atoms with Gasteiger partial charge in [-0.15, -0.1) is 10.2 Å². The summed E-state index contributed by atoms with van der Waals surface area (Å²) in [4.78, 5) is 0. The Morgan fingerprint density at radius 3 is 2.67 bits per heavy atom. The van der Waals surface area contributed by atoms with Gasteiger partial charge in [0.1, 0.15) is 0 Å². The predicted molar refractivity (Wildman–Crippen MR) is 70.4 cm³/mol. The molecule has 0 unspecified atom stereocenters. The van der Waals surface area contributed by atoms with Crippen LogP contribution in [0.3, 0.4) is 0 Å². The highest BCUT2D eigenvalue weighted by Gasteiger charge is 2.12. The van der Waals surface area contributed by atoms with Gasteiger partial charge in [0.05, 0.1) is 0 Å². The molecule has 0 radical (unpaired) electrons. The number of benzene rings is 1. The van der Waals surface area contributed by atoms with Gasteiger partial charge in [-0.3, -0.25) is 0 Å². The monoisotopic (exact) mass is 379 g/mol. The van der Waals surface area contributed by atoms with Crippen molar-refractivity contribution < 1.29 is 0 Å². The van der Waals surface area contributed by atoms with Crippen LogP contribution in [0.25, 0.3) is 11.4 Å². The zero-order valence-corrected chi connectivity index (χ0v) is 11.2. The normalized spacial score (nSPS) is 10.5. The molecular weight excluding hydrogens is 373 g/mol. The highest BCUT2D eigenvalue weighted by atomic mass is 127. The highest BCUT2D eigenvalue weighted by Crippen LogP contribution is 2.28. The Hall–Kier alpha value is -0.830. The van der Waals surface area contributed by atoms with Gasteiger partial charge < -0.3 is 11.6 Å². The summed E-state index contributed by atoms with van der Waals surface area (Å²) in [6.45, 7) is 0. The van der Waals surface area contributed by atoms with Crippen LogP contribution in [0, 0.1) is 3.57 Å². The molecule has 2 rings (SSSR count). The van der Waals surface area contributed by atoms with E-state index in [4.69, 9.17) is 11.6 Å². The Morgan fingerprint density at radius 2 is 2.07 bits per heavy atom. The van der Waals surface area contributed by atoms with E-state index in [1.807, 2.05) is 18.2 Å². The Balaban J connectivity index is 2.63. The fourth-order valence-electron chi connectivity index (χ4n) is 1.16. The lowest BCUT2D eigenvalue weighted by molar-refractivity contribution is 1.02. The number of hydrogen-bond acceptors (Lipinski definition) is 4. The molecule has 7 heteroatoms. The van der Waals surface area contributed by atoms with Gasteiger partial charge in [-0.05, 0) is 40.8 Å². The van der Waals surface area contributed by atoms with Crippen molar-refractivity contribution in [2.24, 2.45) is 0 Å². The summed E-state index contributed by atoms with van der Waals surface area (Å²) in [5.41, 5.74) is 6.38. The van der Waals surface area contributed by atoms with E-state index in [1.54, 1.807) is 0 Å². The number of nitrogens with zero attached hydrogens (tertiary/aromatic N) is 3. The number of halogens is 2. The molecule has 1 heterocycles. The summed E-state index contributed by atoms with van der Waals surface area (Å²) >= 11 is 5.65. The summed E-state index contributed by atoms with van der Waals surface area (Å²) in [7, 11) is 0. The van der Waals surface area contributed by atoms with Crippen LogP contribution in [0.2, 0.25) is 0 Å². The van der Waals surface area contributed by atoms with E-state index in [0.29, 0.717) is 5.82 Å². The fourth-order valence-corrected chi connectivity index (χ4v) is 2.07. The van der Waals surface area contributed by atoms with Gasteiger partial charge in [0.15, 0.2) is 5.82 Å². The summed E-state index contributed by atoms with van der Waals surface area (Å²) in [6.07, 6.45) is 0. The van der Waals surface area contributed by atoms with E-state index in [-0.39, 0.29) is 5.95 Å². The lowest BCUT2D eigenvalue weighted by atomic mass is 10.2. The van der Waals surface area contributed by atoms with E-state index in [0.717, 1.165) is 13.6 Å². The van der Waals surface area contributed by atoms with E-state index in [9.17, 15) is 0 Å². The second kappa shape index (κ2) is 3.97. The third kappa shape index (κ3) is 1.93. The van der Waals surface area contributed by atoms with Crippen molar-refractivity contribution in [1.29, 1.82) is 0 Å². The zero-order chi connectivity index (χ0) is 11.0. The smallest absolute Gasteiger partial charge is 0.241 e. The molecular formula is C8H7BrIN5. The van der Waals surface area contributed by atoms with Crippen molar-refractivity contribution in [1.82, 2.24) is 14.9 Å². The molecule has 0 fully saturated rings. The fraction of sp³-hybridized carbons (Fsp3) is 0. The first-order valence-electron chi connectivity index (χ1n) is 4.01. The lowest BCUT2D eigenvalue weighted by Crippen LogP contribution is -2.13. The molecule has 0 amide bonds. The van der Waals surface area contributed by atoms with Crippen LogP contribution >= 0.6 is 38.5 Å². The maximum atomic E-state index is 5.70. The second-order valence-electron chi connectivity index (χ2n) is 2.88. The Morgan fingerprint density at radius 1 is 1.33 bits per heavy atom. The topological polar surface area (TPSA) is 82.8 Å². The lowest BCUT2D eigenvalue weighted by Gasteiger charge is -2.04. The molecule has 0 aliphatic rings. The maximum Gasteiger partial charge on any atom is 0.241 e. The molecule has 1 aromatic heterocycles. The average molecular weight is 380 g/mol. The number of anilines is 1. The van der Waals surface area contributed by atoms with Crippen LogP contribution in [-0.4, -0.2) is 14.9 Å². The van der Waals surface area contributed by atoms with Crippen LogP contribution in [0.4, 0.5) is 5.95 Å². The molecule has 0 atom stereocenters. The molecule has 0 saturated carbocycles. The minimum absolute atomic E-state index is 0.191. The second-order valence-corrected chi connectivity index (χ2v) is 4.98. The molecule has 15 heavy (non-hydrogen) atoms. The third-order valence-electron chi connectivity index (χ3n) is 1.89. The van der Waals surface area contributed by atoms with Crippen LogP contribution in [0.15, 0.2) is 22.7 Å². The molecule has 78 valence electrons. The van der Waals surface area contributed by atoms with Crippen molar-refractivity contribution in [3.05, 3.63) is 26.2 Å². The minimum Gasteiger partial charge on any atom is -0.366 e. The quantitative estimate of drug-likeness (QED) is 0.582. The van der Waals surface area contributed by atoms with Gasteiger partial charge in [-0.25, -0.2) is 4.68 Å². The third-order valence-corrected chi connectivity index (χ3v) is 3.25. The van der Waals surface area contributed by atoms with Gasteiger partial charge in [-0.2, -0.15) is 0 Å². The summed E-state index contributed by atoms with van der Waals surface area (Å²) in [5, 5.41) is 7.62. The zero-order valence-electron chi connectivity index (χ0n) is 7.48. The van der Waals surface area contributed by atoms with E-state index < -0.39 is 0 Å². The van der Waals surface area contributed by atoms with Gasteiger partial charge in [-0.1, -0.05) is 15.9 Å². The number of nitrogens with two attached hydrogens (primary N) is 2. The van der Waals surface area contributed by atoms with Crippen molar-refractivity contribution >= 4 is 44.5 Å². The van der Waals surface area contributed by atoms with E-state index in [2.05, 4.69) is 48.7 Å². The summed E-state index contributed by atoms with van der Waals surface area (Å²) < 4.78 is 3.25. The van der Waals surface area contributed by atoms with Crippen LogP contribution < -0.4 is 11.6 Å². The molecule has 0 saturated heterocycles. The standard InChI is InChI=1S/C8H7BrIN5/c9-6-2-1-4(10)3-5(6)7-13-14-8(11)15(7)12/h1-3H,12H2,(H2,11,14). The van der Waals surface area contributed by atoms with Crippen molar-refractivity contribution in [2.45, 2.75) is 0 Å². The molecule has 2 aromatic rings. The molecule has 4 N–H and O–H groups in total. The summed E-state index contributed by atoms with van der Waals surface area (Å²) in [6, 6.07) is 5.87. The molecule has 0 bridgehead atoms. The number of rotatable bonds is 1. The largest absolute Gasteiger partial charge is 0.366 e. The highest BCUT2D eigenvalue weighted by molar-refractivity contribution is 14.1. The number of nitrogen functional groups attached to an aromatic ring is 2. The molecule has 0 aliphatic carbocycles. The van der Waals surface area contributed by atoms with Gasteiger partial charge >= 0.3 is 0 Å². The SMILES string of the molecule is Nc1nnc(-c2cc(I)ccc2Br)n1N. The average Bonchev–Trinajstić information content (AvgIpc) is 2.52. The minimum atomic E-state index is 0.191. The summed E-state index contributed by atoms with van der Waals surface area (Å²) in [5.74, 6) is 6.43. The van der Waals surface area contributed by atoms with E-state index >= 15 is 0 Å². The maximum absolute atomic E-state index is 5.70. The first-order valence-corrected chi connectivity index (χ1v) is 5.88. The van der Waals surface area contributed by atoms with Gasteiger partial charge in [0.2, 0.25) is 5.95 Å². The molecule has 0 aliphatic heterocycles. The Labute approximate surface area is 108 Å².